The zero-order valence-corrected chi connectivity index (χ0v) is 14.2. The smallest absolute Gasteiger partial charge is 0.0334 e. The van der Waals surface area contributed by atoms with Crippen molar-refractivity contribution in [2.45, 2.75) is 18.0 Å². The predicted octanol–water partition coefficient (Wildman–Crippen LogP) is 3.21. The number of piperazine rings is 1. The fraction of sp³-hybridized carbons (Fsp3) is 0.400. The number of hydrogen-bond acceptors (Lipinski definition) is 3. The maximum atomic E-state index is 3.70. The first-order valence-electron chi connectivity index (χ1n) is 8.57. The van der Waals surface area contributed by atoms with Crippen molar-refractivity contribution in [3.63, 3.8) is 0 Å². The number of nitrogens with one attached hydrogen (secondary N) is 1. The zero-order valence-electron chi connectivity index (χ0n) is 13.4. The summed E-state index contributed by atoms with van der Waals surface area (Å²) in [5, 5.41) is 3.70. The summed E-state index contributed by atoms with van der Waals surface area (Å²) in [4.78, 5) is 2.78. The molecular formula is C20H24N2S. The van der Waals surface area contributed by atoms with E-state index in [9.17, 15) is 0 Å². The quantitative estimate of drug-likeness (QED) is 0.933. The standard InChI is InChI=1S/C20H24N2S/c1-3-7-16(8-4-1)20(17-9-5-2-6-10-17)19-14-21-13-18-15-23-12-11-22(18)19/h1-10,18-21H,11-15H2/t18-,19+/m1/s1. The Morgan fingerprint density at radius 1 is 0.913 bits per heavy atom. The lowest BCUT2D eigenvalue weighted by atomic mass is 9.82. The van der Waals surface area contributed by atoms with Crippen LogP contribution in [0.3, 0.4) is 0 Å². The maximum absolute atomic E-state index is 3.70. The molecule has 2 aliphatic heterocycles. The highest BCUT2D eigenvalue weighted by molar-refractivity contribution is 7.99. The van der Waals surface area contributed by atoms with Crippen LogP contribution in [0.4, 0.5) is 0 Å². The molecule has 2 saturated heterocycles. The number of fused-ring (bicyclic) bond motifs is 1. The third kappa shape index (κ3) is 3.18. The molecule has 2 aromatic rings. The summed E-state index contributed by atoms with van der Waals surface area (Å²) >= 11 is 2.10. The lowest BCUT2D eigenvalue weighted by Crippen LogP contribution is -2.62. The second-order valence-electron chi connectivity index (χ2n) is 6.49. The molecule has 1 N–H and O–H groups in total. The molecule has 2 heterocycles. The number of rotatable bonds is 3. The van der Waals surface area contributed by atoms with Gasteiger partial charge in [-0.1, -0.05) is 60.7 Å². The van der Waals surface area contributed by atoms with Gasteiger partial charge in [0.25, 0.3) is 0 Å². The number of hydrogen-bond donors (Lipinski definition) is 1. The Kier molecular flexibility index (Phi) is 4.69. The van der Waals surface area contributed by atoms with E-state index in [4.69, 9.17) is 0 Å². The molecule has 0 aliphatic carbocycles. The van der Waals surface area contributed by atoms with E-state index in [1.807, 2.05) is 0 Å². The molecule has 2 atom stereocenters. The van der Waals surface area contributed by atoms with Gasteiger partial charge < -0.3 is 5.32 Å². The Labute approximate surface area is 143 Å². The summed E-state index contributed by atoms with van der Waals surface area (Å²) in [6.07, 6.45) is 0. The highest BCUT2D eigenvalue weighted by Gasteiger charge is 2.37. The van der Waals surface area contributed by atoms with Gasteiger partial charge in [-0.25, -0.2) is 0 Å². The topological polar surface area (TPSA) is 15.3 Å². The minimum atomic E-state index is 0.441. The molecule has 4 rings (SSSR count). The van der Waals surface area contributed by atoms with Gasteiger partial charge in [-0.05, 0) is 11.1 Å². The van der Waals surface area contributed by atoms with Gasteiger partial charge in [-0.3, -0.25) is 4.90 Å². The van der Waals surface area contributed by atoms with Gasteiger partial charge in [0.2, 0.25) is 0 Å². The summed E-state index contributed by atoms with van der Waals surface area (Å²) in [7, 11) is 0. The Balaban J connectivity index is 1.72. The molecule has 0 aromatic heterocycles. The minimum Gasteiger partial charge on any atom is -0.314 e. The summed E-state index contributed by atoms with van der Waals surface area (Å²) in [5.41, 5.74) is 2.87. The van der Waals surface area contributed by atoms with Gasteiger partial charge in [0, 0.05) is 49.1 Å². The highest BCUT2D eigenvalue weighted by Crippen LogP contribution is 2.34. The molecule has 0 unspecified atom stereocenters. The summed E-state index contributed by atoms with van der Waals surface area (Å²) in [5.74, 6) is 2.97. The van der Waals surface area contributed by atoms with E-state index in [0.717, 1.165) is 13.1 Å². The van der Waals surface area contributed by atoms with Crippen LogP contribution in [0.25, 0.3) is 0 Å². The van der Waals surface area contributed by atoms with Crippen molar-refractivity contribution in [3.05, 3.63) is 71.8 Å². The van der Waals surface area contributed by atoms with Crippen molar-refractivity contribution >= 4 is 11.8 Å². The van der Waals surface area contributed by atoms with E-state index in [1.54, 1.807) is 0 Å². The lowest BCUT2D eigenvalue weighted by molar-refractivity contribution is 0.102. The van der Waals surface area contributed by atoms with Crippen LogP contribution < -0.4 is 5.32 Å². The summed E-state index contributed by atoms with van der Waals surface area (Å²) in [6.45, 7) is 3.44. The van der Waals surface area contributed by atoms with Crippen LogP contribution in [0.1, 0.15) is 17.0 Å². The van der Waals surface area contributed by atoms with Crippen molar-refractivity contribution in [3.8, 4) is 0 Å². The number of thioether (sulfide) groups is 1. The van der Waals surface area contributed by atoms with Gasteiger partial charge in [0.1, 0.15) is 0 Å². The number of benzene rings is 2. The molecule has 0 saturated carbocycles. The van der Waals surface area contributed by atoms with Gasteiger partial charge in [0.15, 0.2) is 0 Å². The van der Waals surface area contributed by atoms with Crippen molar-refractivity contribution < 1.29 is 0 Å². The second-order valence-corrected chi connectivity index (χ2v) is 7.64. The minimum absolute atomic E-state index is 0.441. The Hall–Kier alpha value is -1.29. The van der Waals surface area contributed by atoms with Crippen LogP contribution in [0.2, 0.25) is 0 Å². The normalized spacial score (nSPS) is 25.3. The molecule has 0 amide bonds. The van der Waals surface area contributed by atoms with Crippen LogP contribution in [-0.2, 0) is 0 Å². The van der Waals surface area contributed by atoms with Crippen LogP contribution in [0, 0.1) is 0 Å². The third-order valence-corrected chi connectivity index (χ3v) is 6.23. The first kappa shape index (κ1) is 15.3. The fourth-order valence-electron chi connectivity index (χ4n) is 4.06. The monoisotopic (exact) mass is 324 g/mol. The Morgan fingerprint density at radius 3 is 2.22 bits per heavy atom. The highest BCUT2D eigenvalue weighted by atomic mass is 32.2. The maximum Gasteiger partial charge on any atom is 0.0334 e. The zero-order chi connectivity index (χ0) is 15.5. The molecular weight excluding hydrogens is 300 g/mol. The molecule has 3 heteroatoms. The largest absolute Gasteiger partial charge is 0.314 e. The van der Waals surface area contributed by atoms with E-state index < -0.39 is 0 Å². The van der Waals surface area contributed by atoms with Gasteiger partial charge in [0.05, 0.1) is 0 Å². The molecule has 2 aromatic carbocycles. The molecule has 0 radical (unpaired) electrons. The van der Waals surface area contributed by atoms with Crippen LogP contribution in [-0.4, -0.2) is 48.1 Å². The van der Waals surface area contributed by atoms with E-state index in [1.165, 1.54) is 29.2 Å². The Morgan fingerprint density at radius 2 is 1.57 bits per heavy atom. The molecule has 120 valence electrons. The third-order valence-electron chi connectivity index (χ3n) is 5.13. The molecule has 2 aliphatic rings. The van der Waals surface area contributed by atoms with Gasteiger partial charge in [-0.15, -0.1) is 0 Å². The van der Waals surface area contributed by atoms with E-state index in [-0.39, 0.29) is 0 Å². The molecule has 2 fully saturated rings. The second kappa shape index (κ2) is 7.08. The predicted molar refractivity (Wildman–Crippen MR) is 99.2 cm³/mol. The van der Waals surface area contributed by atoms with E-state index in [0.29, 0.717) is 18.0 Å². The molecule has 2 nitrogen and oxygen atoms in total. The molecule has 23 heavy (non-hydrogen) atoms. The van der Waals surface area contributed by atoms with Crippen molar-refractivity contribution in [1.29, 1.82) is 0 Å². The van der Waals surface area contributed by atoms with Crippen molar-refractivity contribution in [2.75, 3.05) is 31.1 Å². The van der Waals surface area contributed by atoms with E-state index >= 15 is 0 Å². The van der Waals surface area contributed by atoms with Gasteiger partial charge in [-0.2, -0.15) is 11.8 Å². The number of nitrogens with zero attached hydrogens (tertiary/aromatic N) is 1. The first-order valence-corrected chi connectivity index (χ1v) is 9.73. The van der Waals surface area contributed by atoms with Crippen LogP contribution >= 0.6 is 11.8 Å². The molecule has 0 spiro atoms. The van der Waals surface area contributed by atoms with Crippen molar-refractivity contribution in [1.82, 2.24) is 10.2 Å². The van der Waals surface area contributed by atoms with Crippen molar-refractivity contribution in [2.24, 2.45) is 0 Å². The summed E-state index contributed by atoms with van der Waals surface area (Å²) < 4.78 is 0. The average Bonchev–Trinajstić information content (AvgIpc) is 2.64. The van der Waals surface area contributed by atoms with Gasteiger partial charge >= 0.3 is 0 Å². The first-order chi connectivity index (χ1) is 11.4. The Bertz CT molecular complexity index is 575. The fourth-order valence-corrected chi connectivity index (χ4v) is 5.15. The molecule has 0 bridgehead atoms. The van der Waals surface area contributed by atoms with E-state index in [2.05, 4.69) is 82.6 Å². The lowest BCUT2D eigenvalue weighted by Gasteiger charge is -2.48. The SMILES string of the molecule is c1ccc(C(c2ccccc2)[C@@H]2CNC[C@@H]3CSCCN32)cc1. The summed E-state index contributed by atoms with van der Waals surface area (Å²) in [6, 6.07) is 23.3. The van der Waals surface area contributed by atoms with Crippen LogP contribution in [0.5, 0.6) is 0 Å². The average molecular weight is 324 g/mol. The van der Waals surface area contributed by atoms with Crippen LogP contribution in [0.15, 0.2) is 60.7 Å².